The van der Waals surface area contributed by atoms with Gasteiger partial charge in [-0.05, 0) is 62.9 Å². The molecule has 1 aliphatic heterocycles. The molecule has 31 heavy (non-hydrogen) atoms. The normalized spacial score (nSPS) is 15.2. The summed E-state index contributed by atoms with van der Waals surface area (Å²) in [5.74, 6) is 0.512. The summed E-state index contributed by atoms with van der Waals surface area (Å²) in [5, 5.41) is 4.19. The van der Waals surface area contributed by atoms with Gasteiger partial charge in [-0.2, -0.15) is 4.98 Å². The van der Waals surface area contributed by atoms with Crippen molar-refractivity contribution >= 4 is 28.4 Å². The van der Waals surface area contributed by atoms with Crippen molar-refractivity contribution in [2.45, 2.75) is 64.8 Å². The van der Waals surface area contributed by atoms with E-state index in [2.05, 4.69) is 53.3 Å². The Hall–Kier alpha value is -2.89. The third kappa shape index (κ3) is 5.06. The van der Waals surface area contributed by atoms with Crippen molar-refractivity contribution in [3.8, 4) is 0 Å². The van der Waals surface area contributed by atoms with Gasteiger partial charge in [0.1, 0.15) is 5.65 Å². The predicted octanol–water partition coefficient (Wildman–Crippen LogP) is 5.67. The number of hydrogen-bond donors (Lipinski definition) is 1. The van der Waals surface area contributed by atoms with Crippen molar-refractivity contribution in [1.29, 1.82) is 0 Å². The number of anilines is 3. The minimum absolute atomic E-state index is 0.00738. The topological polar surface area (TPSA) is 63.1 Å². The summed E-state index contributed by atoms with van der Waals surface area (Å²) >= 11 is 0. The van der Waals surface area contributed by atoms with Gasteiger partial charge in [0, 0.05) is 48.2 Å². The summed E-state index contributed by atoms with van der Waals surface area (Å²) in [6.45, 7) is 6.56. The Morgan fingerprint density at radius 3 is 2.55 bits per heavy atom. The van der Waals surface area contributed by atoms with Crippen molar-refractivity contribution in [1.82, 2.24) is 14.5 Å². The molecular formula is C25H33N5O. The van der Waals surface area contributed by atoms with Crippen LogP contribution in [0.2, 0.25) is 0 Å². The number of fused-ring (bicyclic) bond motifs is 1. The van der Waals surface area contributed by atoms with E-state index in [0.717, 1.165) is 37.0 Å². The average molecular weight is 420 g/mol. The Bertz CT molecular complexity index is 1050. The summed E-state index contributed by atoms with van der Waals surface area (Å²) in [6, 6.07) is 12.0. The molecular weight excluding hydrogens is 386 g/mol. The van der Waals surface area contributed by atoms with E-state index in [9.17, 15) is 4.79 Å². The molecule has 1 aliphatic rings. The zero-order chi connectivity index (χ0) is 21.6. The van der Waals surface area contributed by atoms with E-state index in [1.54, 1.807) is 12.3 Å². The summed E-state index contributed by atoms with van der Waals surface area (Å²) in [5.41, 5.74) is 2.89. The summed E-state index contributed by atoms with van der Waals surface area (Å²) in [6.07, 6.45) is 10.1. The van der Waals surface area contributed by atoms with Crippen molar-refractivity contribution in [2.24, 2.45) is 0 Å². The quantitative estimate of drug-likeness (QED) is 0.477. The molecule has 0 radical (unpaired) electrons. The summed E-state index contributed by atoms with van der Waals surface area (Å²) < 4.78 is 1.82. The number of hydrogen-bond acceptors (Lipinski definition) is 5. The van der Waals surface area contributed by atoms with Gasteiger partial charge in [-0.15, -0.1) is 0 Å². The number of nitrogens with one attached hydrogen (secondary N) is 1. The zero-order valence-electron chi connectivity index (χ0n) is 18.7. The van der Waals surface area contributed by atoms with Crippen LogP contribution in [-0.2, 0) is 0 Å². The second-order valence-corrected chi connectivity index (χ2v) is 8.58. The van der Waals surface area contributed by atoms with E-state index >= 15 is 0 Å². The average Bonchev–Trinajstić information content (AvgIpc) is 2.80. The molecule has 1 unspecified atom stereocenters. The fourth-order valence-electron chi connectivity index (χ4n) is 4.38. The van der Waals surface area contributed by atoms with Crippen LogP contribution < -0.4 is 15.8 Å². The summed E-state index contributed by atoms with van der Waals surface area (Å²) in [7, 11) is 0. The van der Waals surface area contributed by atoms with Crippen LogP contribution in [0, 0.1) is 0 Å². The molecule has 0 spiro atoms. The maximum Gasteiger partial charge on any atom is 0.252 e. The number of nitrogens with zero attached hydrogens (tertiary/aromatic N) is 4. The maximum absolute atomic E-state index is 12.6. The Balaban J connectivity index is 1.55. The Morgan fingerprint density at radius 1 is 1.03 bits per heavy atom. The van der Waals surface area contributed by atoms with Crippen molar-refractivity contribution in [3.63, 3.8) is 0 Å². The van der Waals surface area contributed by atoms with Gasteiger partial charge in [0.05, 0.1) is 0 Å². The molecule has 2 aromatic heterocycles. The van der Waals surface area contributed by atoms with Gasteiger partial charge in [0.15, 0.2) is 0 Å². The fourth-order valence-corrected chi connectivity index (χ4v) is 4.38. The lowest BCUT2D eigenvalue weighted by molar-refractivity contribution is 0.475. The van der Waals surface area contributed by atoms with Crippen LogP contribution >= 0.6 is 0 Å². The highest BCUT2D eigenvalue weighted by molar-refractivity contribution is 5.76. The minimum atomic E-state index is -0.00738. The van der Waals surface area contributed by atoms with E-state index in [4.69, 9.17) is 4.98 Å². The third-order valence-corrected chi connectivity index (χ3v) is 6.18. The van der Waals surface area contributed by atoms with Crippen molar-refractivity contribution < 1.29 is 0 Å². The SMILES string of the molecule is CCCCCC(C)n1c(=O)ccc2cnc(Nc3ccc(N4CCCCC4)cc3)nc21. The third-order valence-electron chi connectivity index (χ3n) is 6.18. The van der Waals surface area contributed by atoms with Gasteiger partial charge in [0.25, 0.3) is 5.56 Å². The molecule has 1 atom stereocenters. The second-order valence-electron chi connectivity index (χ2n) is 8.58. The smallest absolute Gasteiger partial charge is 0.252 e. The first-order valence-electron chi connectivity index (χ1n) is 11.7. The van der Waals surface area contributed by atoms with Gasteiger partial charge < -0.3 is 10.2 Å². The van der Waals surface area contributed by atoms with Crippen LogP contribution in [0.15, 0.2) is 47.4 Å². The Kier molecular flexibility index (Phi) is 6.85. The first-order chi connectivity index (χ1) is 15.2. The zero-order valence-corrected chi connectivity index (χ0v) is 18.7. The largest absolute Gasteiger partial charge is 0.372 e. The minimum Gasteiger partial charge on any atom is -0.372 e. The van der Waals surface area contributed by atoms with Gasteiger partial charge in [-0.1, -0.05) is 26.2 Å². The van der Waals surface area contributed by atoms with Crippen LogP contribution in [0.25, 0.3) is 11.0 Å². The van der Waals surface area contributed by atoms with Crippen molar-refractivity contribution in [3.05, 3.63) is 52.9 Å². The van der Waals surface area contributed by atoms with Crippen LogP contribution in [0.3, 0.4) is 0 Å². The molecule has 0 aliphatic carbocycles. The van der Waals surface area contributed by atoms with Crippen LogP contribution in [-0.4, -0.2) is 27.6 Å². The lowest BCUT2D eigenvalue weighted by Gasteiger charge is -2.28. The number of aromatic nitrogens is 3. The molecule has 3 aromatic rings. The molecule has 3 heterocycles. The van der Waals surface area contributed by atoms with E-state index in [1.807, 2.05) is 10.6 Å². The first kappa shape index (κ1) is 21.3. The molecule has 4 rings (SSSR count). The van der Waals surface area contributed by atoms with E-state index in [1.165, 1.54) is 37.8 Å². The molecule has 0 saturated carbocycles. The van der Waals surface area contributed by atoms with Gasteiger partial charge in [-0.25, -0.2) is 4.98 Å². The lowest BCUT2D eigenvalue weighted by atomic mass is 10.1. The number of rotatable bonds is 8. The highest BCUT2D eigenvalue weighted by atomic mass is 16.1. The molecule has 6 nitrogen and oxygen atoms in total. The van der Waals surface area contributed by atoms with Gasteiger partial charge >= 0.3 is 0 Å². The number of piperidine rings is 1. The molecule has 1 aromatic carbocycles. The molecule has 0 amide bonds. The molecule has 1 saturated heterocycles. The fraction of sp³-hybridized carbons (Fsp3) is 0.480. The van der Waals surface area contributed by atoms with Crippen molar-refractivity contribution in [2.75, 3.05) is 23.3 Å². The van der Waals surface area contributed by atoms with Crippen LogP contribution in [0.1, 0.15) is 64.8 Å². The monoisotopic (exact) mass is 419 g/mol. The Labute approximate surface area is 184 Å². The summed E-state index contributed by atoms with van der Waals surface area (Å²) in [4.78, 5) is 24.3. The highest BCUT2D eigenvalue weighted by Crippen LogP contribution is 2.24. The Morgan fingerprint density at radius 2 is 1.81 bits per heavy atom. The van der Waals surface area contributed by atoms with Gasteiger partial charge in [0.2, 0.25) is 5.95 Å². The maximum atomic E-state index is 12.6. The van der Waals surface area contributed by atoms with Gasteiger partial charge in [-0.3, -0.25) is 9.36 Å². The standard InChI is InChI=1S/C25H33N5O/c1-3-4-6-9-19(2)30-23(31)15-10-20-18-26-25(28-24(20)30)27-21-11-13-22(14-12-21)29-16-7-5-8-17-29/h10-15,18-19H,3-9,16-17H2,1-2H3,(H,26,27,28). The first-order valence-corrected chi connectivity index (χ1v) is 11.7. The van der Waals surface area contributed by atoms with E-state index < -0.39 is 0 Å². The van der Waals surface area contributed by atoms with E-state index in [0.29, 0.717) is 11.6 Å². The molecule has 164 valence electrons. The van der Waals surface area contributed by atoms with E-state index in [-0.39, 0.29) is 11.6 Å². The lowest BCUT2D eigenvalue weighted by Crippen LogP contribution is -2.29. The number of pyridine rings is 1. The number of benzene rings is 1. The molecule has 0 bridgehead atoms. The highest BCUT2D eigenvalue weighted by Gasteiger charge is 2.14. The number of unbranched alkanes of at least 4 members (excludes halogenated alkanes) is 2. The molecule has 1 fully saturated rings. The molecule has 6 heteroatoms. The predicted molar refractivity (Wildman–Crippen MR) is 128 cm³/mol. The second kappa shape index (κ2) is 9.94. The molecule has 1 N–H and O–H groups in total. The van der Waals surface area contributed by atoms with Crippen LogP contribution in [0.5, 0.6) is 0 Å². The van der Waals surface area contributed by atoms with Crippen LogP contribution in [0.4, 0.5) is 17.3 Å².